The number of anilines is 1. The molecule has 0 fully saturated rings. The lowest BCUT2D eigenvalue weighted by molar-refractivity contribution is -0.153. The third-order valence-electron chi connectivity index (χ3n) is 3.74. The van der Waals surface area contributed by atoms with E-state index in [-0.39, 0.29) is 6.42 Å². The Morgan fingerprint density at radius 3 is 2.59 bits per heavy atom. The van der Waals surface area contributed by atoms with Gasteiger partial charge in [-0.2, -0.15) is 5.26 Å². The molecule has 27 heavy (non-hydrogen) atoms. The normalized spacial score (nSPS) is 11.1. The van der Waals surface area contributed by atoms with E-state index in [2.05, 4.69) is 5.32 Å². The van der Waals surface area contributed by atoms with Gasteiger partial charge in [-0.25, -0.2) is 0 Å². The minimum absolute atomic E-state index is 0.167. The fourth-order valence-corrected chi connectivity index (χ4v) is 2.29. The van der Waals surface area contributed by atoms with Crippen LogP contribution < -0.4 is 10.1 Å². The van der Waals surface area contributed by atoms with E-state index in [1.807, 2.05) is 37.3 Å². The quantitative estimate of drug-likeness (QED) is 0.570. The van der Waals surface area contributed by atoms with Gasteiger partial charge in [-0.05, 0) is 62.2 Å². The van der Waals surface area contributed by atoms with Gasteiger partial charge in [-0.1, -0.05) is 12.1 Å². The van der Waals surface area contributed by atoms with Crippen molar-refractivity contribution >= 4 is 17.6 Å². The summed E-state index contributed by atoms with van der Waals surface area (Å²) in [6.07, 6.45) is -0.248. The van der Waals surface area contributed by atoms with Gasteiger partial charge < -0.3 is 14.8 Å². The number of esters is 1. The lowest BCUT2D eigenvalue weighted by Crippen LogP contribution is -2.30. The maximum atomic E-state index is 12.1. The predicted octanol–water partition coefficient (Wildman–Crippen LogP) is 3.60. The average Bonchev–Trinajstić information content (AvgIpc) is 2.66. The predicted molar refractivity (Wildman–Crippen MR) is 101 cm³/mol. The van der Waals surface area contributed by atoms with Crippen LogP contribution in [-0.4, -0.2) is 24.6 Å². The average molecular weight is 366 g/mol. The summed E-state index contributed by atoms with van der Waals surface area (Å²) in [5.41, 5.74) is 2.14. The molecule has 6 nitrogen and oxygen atoms in total. The first kappa shape index (κ1) is 20.0. The summed E-state index contributed by atoms with van der Waals surface area (Å²) in [5.74, 6) is -0.118. The van der Waals surface area contributed by atoms with Crippen LogP contribution in [0.4, 0.5) is 5.69 Å². The fourth-order valence-electron chi connectivity index (χ4n) is 2.29. The van der Waals surface area contributed by atoms with Crippen molar-refractivity contribution < 1.29 is 19.1 Å². The Morgan fingerprint density at radius 2 is 1.93 bits per heavy atom. The molecule has 140 valence electrons. The van der Waals surface area contributed by atoms with E-state index in [9.17, 15) is 9.59 Å². The Morgan fingerprint density at radius 1 is 1.19 bits per heavy atom. The maximum absolute atomic E-state index is 12.1. The number of ether oxygens (including phenoxy) is 2. The molecule has 0 radical (unpaired) electrons. The van der Waals surface area contributed by atoms with Gasteiger partial charge in [0.15, 0.2) is 6.10 Å². The summed E-state index contributed by atoms with van der Waals surface area (Å²) < 4.78 is 10.7. The molecule has 1 amide bonds. The lowest BCUT2D eigenvalue weighted by atomic mass is 10.2. The molecule has 0 unspecified atom stereocenters. The highest BCUT2D eigenvalue weighted by Gasteiger charge is 2.17. The van der Waals surface area contributed by atoms with E-state index in [4.69, 9.17) is 14.7 Å². The zero-order chi connectivity index (χ0) is 19.6. The number of carbonyl (C=O) groups is 2. The van der Waals surface area contributed by atoms with Gasteiger partial charge in [-0.15, -0.1) is 0 Å². The van der Waals surface area contributed by atoms with Crippen molar-refractivity contribution in [1.29, 1.82) is 5.26 Å². The fraction of sp³-hybridized carbons (Fsp3) is 0.286. The van der Waals surface area contributed by atoms with Gasteiger partial charge in [0, 0.05) is 12.1 Å². The first-order valence-electron chi connectivity index (χ1n) is 8.68. The van der Waals surface area contributed by atoms with Crippen LogP contribution in [0.2, 0.25) is 0 Å². The molecule has 1 N–H and O–H groups in total. The highest BCUT2D eigenvalue weighted by Crippen LogP contribution is 2.13. The Balaban J connectivity index is 1.69. The largest absolute Gasteiger partial charge is 0.494 e. The number of nitrogens with zero attached hydrogens (tertiary/aromatic N) is 1. The van der Waals surface area contributed by atoms with Crippen molar-refractivity contribution in [2.24, 2.45) is 0 Å². The van der Waals surface area contributed by atoms with Crippen molar-refractivity contribution in [2.75, 3.05) is 11.9 Å². The maximum Gasteiger partial charge on any atom is 0.306 e. The molecule has 0 aliphatic carbocycles. The second-order valence-electron chi connectivity index (χ2n) is 6.08. The Kier molecular flexibility index (Phi) is 7.38. The number of amides is 1. The number of nitrogens with one attached hydrogen (secondary N) is 1. The van der Waals surface area contributed by atoms with Crippen LogP contribution in [0.25, 0.3) is 0 Å². The highest BCUT2D eigenvalue weighted by molar-refractivity contribution is 5.95. The number of hydrogen-bond acceptors (Lipinski definition) is 5. The highest BCUT2D eigenvalue weighted by atomic mass is 16.5. The van der Waals surface area contributed by atoms with Gasteiger partial charge in [-0.3, -0.25) is 9.59 Å². The van der Waals surface area contributed by atoms with Crippen LogP contribution in [0.15, 0.2) is 48.5 Å². The van der Waals surface area contributed by atoms with Gasteiger partial charge in [0.2, 0.25) is 0 Å². The summed E-state index contributed by atoms with van der Waals surface area (Å²) in [5, 5.41) is 11.4. The molecule has 0 saturated carbocycles. The smallest absolute Gasteiger partial charge is 0.306 e. The van der Waals surface area contributed by atoms with E-state index in [1.165, 1.54) is 6.92 Å². The molecule has 2 aromatic rings. The molecule has 0 spiro atoms. The molecular formula is C21H22N2O4. The van der Waals surface area contributed by atoms with Crippen molar-refractivity contribution in [3.05, 3.63) is 59.7 Å². The summed E-state index contributed by atoms with van der Waals surface area (Å²) in [6.45, 7) is 3.89. The lowest BCUT2D eigenvalue weighted by Gasteiger charge is -2.13. The number of aryl methyl sites for hydroxylation is 1. The zero-order valence-corrected chi connectivity index (χ0v) is 15.4. The van der Waals surface area contributed by atoms with Crippen molar-refractivity contribution in [2.45, 2.75) is 32.8 Å². The molecule has 2 aromatic carbocycles. The standard InChI is InChI=1S/C21H22N2O4/c1-15-5-3-6-19(13-15)26-12-4-7-20(24)27-16(2)21(25)23-18-10-8-17(14-22)9-11-18/h3,5-6,8-11,13,16H,4,7,12H2,1-2H3,(H,23,25)/t16-/m0/s1. The molecule has 0 aliphatic heterocycles. The number of nitriles is 1. The molecule has 0 bridgehead atoms. The van der Waals surface area contributed by atoms with E-state index in [0.717, 1.165) is 11.3 Å². The monoisotopic (exact) mass is 366 g/mol. The van der Waals surface area contributed by atoms with Gasteiger partial charge in [0.25, 0.3) is 5.91 Å². The third-order valence-corrected chi connectivity index (χ3v) is 3.74. The zero-order valence-electron chi connectivity index (χ0n) is 15.4. The van der Waals surface area contributed by atoms with Gasteiger partial charge in [0.05, 0.1) is 18.2 Å². The van der Waals surface area contributed by atoms with Crippen molar-refractivity contribution in [1.82, 2.24) is 0 Å². The first-order valence-corrected chi connectivity index (χ1v) is 8.68. The van der Waals surface area contributed by atoms with Crippen LogP contribution >= 0.6 is 0 Å². The summed E-state index contributed by atoms with van der Waals surface area (Å²) in [6, 6.07) is 16.1. The SMILES string of the molecule is Cc1cccc(OCCCC(=O)O[C@@H](C)C(=O)Nc2ccc(C#N)cc2)c1. The minimum Gasteiger partial charge on any atom is -0.494 e. The van der Waals surface area contributed by atoms with E-state index in [1.54, 1.807) is 24.3 Å². The molecule has 2 rings (SSSR count). The molecule has 0 saturated heterocycles. The molecule has 0 aromatic heterocycles. The van der Waals surface area contributed by atoms with E-state index in [0.29, 0.717) is 24.3 Å². The van der Waals surface area contributed by atoms with Crippen LogP contribution in [0.3, 0.4) is 0 Å². The van der Waals surface area contributed by atoms with Crippen LogP contribution in [-0.2, 0) is 14.3 Å². The van der Waals surface area contributed by atoms with Gasteiger partial charge >= 0.3 is 5.97 Å². The molecular weight excluding hydrogens is 344 g/mol. The van der Waals surface area contributed by atoms with Crippen LogP contribution in [0.5, 0.6) is 5.75 Å². The van der Waals surface area contributed by atoms with Crippen molar-refractivity contribution in [3.63, 3.8) is 0 Å². The van der Waals surface area contributed by atoms with E-state index >= 15 is 0 Å². The Bertz CT molecular complexity index is 825. The molecule has 0 heterocycles. The van der Waals surface area contributed by atoms with Crippen molar-refractivity contribution in [3.8, 4) is 11.8 Å². The number of rotatable bonds is 8. The van der Waals surface area contributed by atoms with E-state index < -0.39 is 18.0 Å². The minimum atomic E-state index is -0.911. The topological polar surface area (TPSA) is 88.4 Å². The first-order chi connectivity index (χ1) is 13.0. The number of hydrogen-bond donors (Lipinski definition) is 1. The number of benzene rings is 2. The Labute approximate surface area is 158 Å². The summed E-state index contributed by atoms with van der Waals surface area (Å²) in [7, 11) is 0. The molecule has 0 aliphatic rings. The molecule has 6 heteroatoms. The summed E-state index contributed by atoms with van der Waals surface area (Å²) >= 11 is 0. The second-order valence-corrected chi connectivity index (χ2v) is 6.08. The second kappa shape index (κ2) is 9.97. The van der Waals surface area contributed by atoms with Crippen LogP contribution in [0, 0.1) is 18.3 Å². The summed E-state index contributed by atoms with van der Waals surface area (Å²) in [4.78, 5) is 23.9. The Hall–Kier alpha value is -3.33. The molecule has 1 atom stereocenters. The van der Waals surface area contributed by atoms with Crippen LogP contribution in [0.1, 0.15) is 30.9 Å². The third kappa shape index (κ3) is 6.83. The number of carbonyl (C=O) groups excluding carboxylic acids is 2. The van der Waals surface area contributed by atoms with Gasteiger partial charge in [0.1, 0.15) is 5.75 Å².